The molecule has 0 spiro atoms. The van der Waals surface area contributed by atoms with Crippen molar-refractivity contribution in [2.24, 2.45) is 0 Å². The van der Waals surface area contributed by atoms with Crippen LogP contribution in [0.5, 0.6) is 0 Å². The third kappa shape index (κ3) is 20.8. The molecule has 0 saturated carbocycles. The second kappa shape index (κ2) is 21.7. The van der Waals surface area contributed by atoms with E-state index in [0.29, 0.717) is 6.42 Å². The smallest absolute Gasteiger partial charge is 1.00 e. The van der Waals surface area contributed by atoms with Gasteiger partial charge in [0, 0.05) is 12.8 Å². The number of hydrogen-bond acceptors (Lipinski definition) is 3. The number of hydrogen-bond donors (Lipinski definition) is 3. The third-order valence-electron chi connectivity index (χ3n) is 4.79. The van der Waals surface area contributed by atoms with E-state index in [4.69, 9.17) is 10.2 Å². The maximum Gasteiger partial charge on any atom is 1.00 e. The molecule has 0 aromatic rings. The zero-order chi connectivity index (χ0) is 20.3. The summed E-state index contributed by atoms with van der Waals surface area (Å²) in [6, 6.07) is -1.12. The number of carbonyl (C=O) groups excluding carboxylic acids is 1. The van der Waals surface area contributed by atoms with Gasteiger partial charge in [0.25, 0.3) is 0 Å². The first kappa shape index (κ1) is 30.2. The van der Waals surface area contributed by atoms with Gasteiger partial charge in [-0.15, -0.1) is 0 Å². The van der Waals surface area contributed by atoms with E-state index in [1.165, 1.54) is 64.2 Å². The van der Waals surface area contributed by atoms with Gasteiger partial charge >= 0.3 is 63.3 Å². The van der Waals surface area contributed by atoms with Gasteiger partial charge in [-0.3, -0.25) is 9.59 Å². The Labute approximate surface area is 214 Å². The van der Waals surface area contributed by atoms with Crippen molar-refractivity contribution in [3.63, 3.8) is 0 Å². The van der Waals surface area contributed by atoms with Crippen LogP contribution >= 0.6 is 0 Å². The van der Waals surface area contributed by atoms with Crippen LogP contribution < -0.4 is 56.7 Å². The van der Waals surface area contributed by atoms with Gasteiger partial charge in [0.2, 0.25) is 5.91 Å². The summed E-state index contributed by atoms with van der Waals surface area (Å²) in [7, 11) is 0. The van der Waals surface area contributed by atoms with E-state index in [1.807, 2.05) is 0 Å². The first-order chi connectivity index (χ1) is 13.0. The molecule has 0 unspecified atom stereocenters. The minimum atomic E-state index is -1.19. The molecule has 0 fully saturated rings. The maximum atomic E-state index is 11.8. The molecule has 0 aromatic heterocycles. The molecular formula is C21H40KNO5. The summed E-state index contributed by atoms with van der Waals surface area (Å²) >= 11 is 0. The fourth-order valence-corrected chi connectivity index (χ4v) is 3.10. The normalized spacial score (nSPS) is 11.5. The fraction of sp³-hybridized carbons (Fsp3) is 0.857. The molecule has 0 rings (SSSR count). The monoisotopic (exact) mass is 425 g/mol. The van der Waals surface area contributed by atoms with Crippen molar-refractivity contribution in [1.82, 2.24) is 5.32 Å². The molecule has 0 aliphatic rings. The van der Waals surface area contributed by atoms with Gasteiger partial charge in [-0.1, -0.05) is 84.0 Å². The largest absolute Gasteiger partial charge is 1.00 e. The summed E-state index contributed by atoms with van der Waals surface area (Å²) in [6.45, 7) is 2.24. The van der Waals surface area contributed by atoms with Crippen molar-refractivity contribution >= 4 is 17.8 Å². The number of carbonyl (C=O) groups is 3. The number of rotatable bonds is 19. The van der Waals surface area contributed by atoms with E-state index in [-0.39, 0.29) is 71.6 Å². The molecule has 0 saturated heterocycles. The number of aliphatic carboxylic acids is 2. The van der Waals surface area contributed by atoms with Gasteiger partial charge in [0.15, 0.2) is 0 Å². The summed E-state index contributed by atoms with van der Waals surface area (Å²) in [5.74, 6) is -2.56. The Morgan fingerprint density at radius 3 is 1.57 bits per heavy atom. The van der Waals surface area contributed by atoms with E-state index in [0.717, 1.165) is 19.3 Å². The van der Waals surface area contributed by atoms with Crippen LogP contribution in [-0.2, 0) is 14.4 Å². The van der Waals surface area contributed by atoms with Crippen LogP contribution in [0.15, 0.2) is 0 Å². The molecule has 160 valence electrons. The topological polar surface area (TPSA) is 104 Å². The number of unbranched alkanes of at least 4 members (excludes halogenated alkanes) is 12. The summed E-state index contributed by atoms with van der Waals surface area (Å²) in [6.07, 6.45) is 15.9. The molecule has 28 heavy (non-hydrogen) atoms. The molecule has 0 radical (unpaired) electrons. The average molecular weight is 426 g/mol. The number of carboxylic acid groups (broad SMARTS) is 2. The van der Waals surface area contributed by atoms with Crippen molar-refractivity contribution in [2.45, 2.75) is 116 Å². The van der Waals surface area contributed by atoms with Crippen molar-refractivity contribution in [3.05, 3.63) is 0 Å². The van der Waals surface area contributed by atoms with Gasteiger partial charge < -0.3 is 17.0 Å². The Balaban J connectivity index is -0.00000338. The van der Waals surface area contributed by atoms with Crippen molar-refractivity contribution in [1.29, 1.82) is 0 Å². The molecule has 0 aliphatic heterocycles. The summed E-state index contributed by atoms with van der Waals surface area (Å²) in [4.78, 5) is 33.3. The van der Waals surface area contributed by atoms with Crippen LogP contribution in [0.1, 0.15) is 111 Å². The molecule has 1 atom stereocenters. The first-order valence-corrected chi connectivity index (χ1v) is 10.7. The minimum Gasteiger partial charge on any atom is -1.00 e. The van der Waals surface area contributed by atoms with Crippen LogP contribution in [0, 0.1) is 0 Å². The number of carboxylic acids is 2. The molecule has 3 N–H and O–H groups in total. The number of nitrogens with one attached hydrogen (secondary N) is 1. The van der Waals surface area contributed by atoms with Crippen molar-refractivity contribution < 1.29 is 77.4 Å². The summed E-state index contributed by atoms with van der Waals surface area (Å²) < 4.78 is 0. The minimum absolute atomic E-state index is 0. The molecule has 7 heteroatoms. The molecule has 0 aliphatic carbocycles. The Morgan fingerprint density at radius 1 is 0.750 bits per heavy atom. The molecule has 0 heterocycles. The van der Waals surface area contributed by atoms with E-state index >= 15 is 0 Å². The van der Waals surface area contributed by atoms with Crippen LogP contribution in [-0.4, -0.2) is 34.1 Å². The molecule has 0 bridgehead atoms. The van der Waals surface area contributed by atoms with Gasteiger partial charge in [0.05, 0.1) is 0 Å². The zero-order valence-electron chi connectivity index (χ0n) is 19.0. The Morgan fingerprint density at radius 2 is 1.18 bits per heavy atom. The molecule has 0 aromatic carbocycles. The first-order valence-electron chi connectivity index (χ1n) is 10.7. The summed E-state index contributed by atoms with van der Waals surface area (Å²) in [5, 5.41) is 20.0. The average Bonchev–Trinajstić information content (AvgIpc) is 2.62. The Bertz CT molecular complexity index is 424. The second-order valence-electron chi connectivity index (χ2n) is 7.38. The predicted molar refractivity (Wildman–Crippen MR) is 108 cm³/mol. The van der Waals surface area contributed by atoms with E-state index < -0.39 is 18.0 Å². The molecule has 1 amide bonds. The van der Waals surface area contributed by atoms with Crippen molar-refractivity contribution in [2.75, 3.05) is 0 Å². The van der Waals surface area contributed by atoms with Gasteiger partial charge in [0.1, 0.15) is 6.04 Å². The van der Waals surface area contributed by atoms with E-state index in [2.05, 4.69) is 12.2 Å². The summed E-state index contributed by atoms with van der Waals surface area (Å²) in [5.41, 5.74) is 0. The molecular weight excluding hydrogens is 385 g/mol. The van der Waals surface area contributed by atoms with Crippen LogP contribution in [0.4, 0.5) is 0 Å². The Hall–Kier alpha value is 0.0464. The quantitative estimate of drug-likeness (QED) is 0.217. The van der Waals surface area contributed by atoms with Gasteiger partial charge in [-0.2, -0.15) is 0 Å². The van der Waals surface area contributed by atoms with Crippen LogP contribution in [0.25, 0.3) is 0 Å². The van der Waals surface area contributed by atoms with Crippen LogP contribution in [0.3, 0.4) is 0 Å². The fourth-order valence-electron chi connectivity index (χ4n) is 3.10. The molecule has 6 nitrogen and oxygen atoms in total. The van der Waals surface area contributed by atoms with E-state index in [9.17, 15) is 14.4 Å². The van der Waals surface area contributed by atoms with Crippen molar-refractivity contribution in [3.8, 4) is 0 Å². The number of amides is 1. The second-order valence-corrected chi connectivity index (χ2v) is 7.38. The maximum absolute atomic E-state index is 11.8. The third-order valence-corrected chi connectivity index (χ3v) is 4.79. The zero-order valence-corrected chi connectivity index (χ0v) is 21.1. The van der Waals surface area contributed by atoms with E-state index in [1.54, 1.807) is 0 Å². The van der Waals surface area contributed by atoms with Gasteiger partial charge in [-0.05, 0) is 12.8 Å². The predicted octanol–water partition coefficient (Wildman–Crippen LogP) is 2.02. The standard InChI is InChI=1S/C21H39NO5.K.H/c1-2-3-4-5-6-7-8-9-10-11-12-13-14-15-19(23)22-18(21(26)27)16-17-20(24)25;;/h18H,2-17H2,1H3,(H,22,23)(H,24,25)(H,26,27);;/q;+1;-1/t18-;;/m0../s1. The van der Waals surface area contributed by atoms with Gasteiger partial charge in [-0.25, -0.2) is 4.79 Å². The van der Waals surface area contributed by atoms with Crippen LogP contribution in [0.2, 0.25) is 0 Å². The Kier molecular flexibility index (Phi) is 23.5. The SMILES string of the molecule is CCCCCCCCCCCCCCCC(=O)N[C@@H](CCC(=O)O)C(=O)O.[H-].[K+].